The number of rotatable bonds is 2. The van der Waals surface area contributed by atoms with Gasteiger partial charge in [0.1, 0.15) is 10.8 Å². The summed E-state index contributed by atoms with van der Waals surface area (Å²) in [5.41, 5.74) is 6.51. The van der Waals surface area contributed by atoms with Gasteiger partial charge in [-0.25, -0.2) is 8.78 Å². The van der Waals surface area contributed by atoms with E-state index in [0.717, 1.165) is 29.0 Å². The Bertz CT molecular complexity index is 682. The Morgan fingerprint density at radius 2 is 2.05 bits per heavy atom. The molecule has 1 aromatic heterocycles. The zero-order valence-electron chi connectivity index (χ0n) is 9.70. The van der Waals surface area contributed by atoms with E-state index in [1.807, 2.05) is 0 Å². The Morgan fingerprint density at radius 3 is 2.79 bits per heavy atom. The molecule has 1 heterocycles. The molecule has 3 nitrogen and oxygen atoms in total. The second-order valence-corrected chi connectivity index (χ2v) is 5.26. The van der Waals surface area contributed by atoms with E-state index in [-0.39, 0.29) is 11.5 Å². The van der Waals surface area contributed by atoms with E-state index >= 15 is 0 Å². The minimum atomic E-state index is -0.802. The molecule has 0 saturated carbocycles. The number of hydrogen-bond donors (Lipinski definition) is 1. The summed E-state index contributed by atoms with van der Waals surface area (Å²) in [6, 6.07) is 3.04. The van der Waals surface area contributed by atoms with E-state index in [1.165, 1.54) is 6.07 Å². The van der Waals surface area contributed by atoms with Crippen LogP contribution in [0.1, 0.15) is 21.7 Å². The fourth-order valence-corrected chi connectivity index (χ4v) is 3.07. The van der Waals surface area contributed by atoms with Crippen LogP contribution in [-0.2, 0) is 6.42 Å². The van der Waals surface area contributed by atoms with Crippen LogP contribution in [0.15, 0.2) is 18.2 Å². The molecule has 2 aromatic rings. The predicted molar refractivity (Wildman–Crippen MR) is 67.8 cm³/mol. The Morgan fingerprint density at radius 1 is 1.26 bits per heavy atom. The van der Waals surface area contributed by atoms with Crippen molar-refractivity contribution in [3.05, 3.63) is 40.3 Å². The molecule has 0 saturated heterocycles. The highest BCUT2D eigenvalue weighted by Crippen LogP contribution is 2.45. The number of anilines is 1. The first kappa shape index (κ1) is 12.1. The summed E-state index contributed by atoms with van der Waals surface area (Å²) in [5, 5.41) is 0.335. The van der Waals surface area contributed by atoms with Gasteiger partial charge in [-0.2, -0.15) is 0 Å². The molecule has 0 spiro atoms. The average molecular weight is 281 g/mol. The first-order valence-corrected chi connectivity index (χ1v) is 6.45. The van der Waals surface area contributed by atoms with Gasteiger partial charge < -0.3 is 10.5 Å². The van der Waals surface area contributed by atoms with Gasteiger partial charge in [0.2, 0.25) is 0 Å². The average Bonchev–Trinajstić information content (AvgIpc) is 2.85. The Kier molecular flexibility index (Phi) is 2.74. The molecule has 0 amide bonds. The molecule has 98 valence electrons. The summed E-state index contributed by atoms with van der Waals surface area (Å²) >= 11 is 1.15. The number of Topliss-reactive ketones (excluding diaryl/α,β-unsaturated/α-hetero) is 1. The van der Waals surface area contributed by atoms with Gasteiger partial charge in [0.05, 0.1) is 4.88 Å². The molecule has 1 aliphatic rings. The number of carbonyl (C=O) groups excluding carboxylic acids is 1. The van der Waals surface area contributed by atoms with Crippen molar-refractivity contribution >= 4 is 22.1 Å². The summed E-state index contributed by atoms with van der Waals surface area (Å²) in [6.07, 6.45) is 0.962. The van der Waals surface area contributed by atoms with Gasteiger partial charge in [-0.05, 0) is 18.6 Å². The minimum Gasteiger partial charge on any atom is -0.451 e. The van der Waals surface area contributed by atoms with Crippen LogP contribution in [-0.4, -0.2) is 5.78 Å². The topological polar surface area (TPSA) is 52.3 Å². The Balaban J connectivity index is 2.00. The van der Waals surface area contributed by atoms with Crippen LogP contribution in [0.25, 0.3) is 0 Å². The normalized spacial score (nSPS) is 13.7. The number of fused-ring (bicyclic) bond motifs is 1. The number of nitrogen functional groups attached to an aromatic ring is 1. The van der Waals surface area contributed by atoms with Crippen LogP contribution in [0.3, 0.4) is 0 Å². The third-order valence-corrected chi connectivity index (χ3v) is 4.03. The van der Waals surface area contributed by atoms with Crippen LogP contribution < -0.4 is 10.5 Å². The smallest absolute Gasteiger partial charge is 0.173 e. The van der Waals surface area contributed by atoms with Gasteiger partial charge in [-0.1, -0.05) is 0 Å². The van der Waals surface area contributed by atoms with Crippen molar-refractivity contribution in [3.8, 4) is 11.5 Å². The molecule has 0 fully saturated rings. The third-order valence-electron chi connectivity index (χ3n) is 2.95. The van der Waals surface area contributed by atoms with E-state index in [4.69, 9.17) is 10.5 Å². The predicted octanol–water partition coefficient (Wildman–Crippen LogP) is 3.53. The Labute approximate surface area is 111 Å². The van der Waals surface area contributed by atoms with Gasteiger partial charge in [0, 0.05) is 18.1 Å². The van der Waals surface area contributed by atoms with Crippen LogP contribution in [0.5, 0.6) is 11.5 Å². The first-order chi connectivity index (χ1) is 9.06. The van der Waals surface area contributed by atoms with Crippen LogP contribution in [0.4, 0.5) is 13.8 Å². The quantitative estimate of drug-likeness (QED) is 0.916. The maximum absolute atomic E-state index is 13.5. The lowest BCUT2D eigenvalue weighted by molar-refractivity contribution is 0.0998. The minimum absolute atomic E-state index is 0.0288. The van der Waals surface area contributed by atoms with Crippen molar-refractivity contribution in [3.63, 3.8) is 0 Å². The van der Waals surface area contributed by atoms with E-state index in [1.54, 1.807) is 0 Å². The lowest BCUT2D eigenvalue weighted by atomic mass is 10.2. The van der Waals surface area contributed by atoms with Crippen molar-refractivity contribution in [2.45, 2.75) is 12.8 Å². The van der Waals surface area contributed by atoms with Gasteiger partial charge in [0.25, 0.3) is 0 Å². The number of nitrogens with two attached hydrogens (primary N) is 1. The second kappa shape index (κ2) is 4.31. The monoisotopic (exact) mass is 281 g/mol. The van der Waals surface area contributed by atoms with Crippen LogP contribution in [0, 0.1) is 11.6 Å². The van der Waals surface area contributed by atoms with Crippen LogP contribution >= 0.6 is 11.3 Å². The highest BCUT2D eigenvalue weighted by molar-refractivity contribution is 7.18. The summed E-state index contributed by atoms with van der Waals surface area (Å²) in [6.45, 7) is 0. The molecule has 0 unspecified atom stereocenters. The highest BCUT2D eigenvalue weighted by Gasteiger charge is 2.29. The number of ketones is 1. The van der Waals surface area contributed by atoms with Gasteiger partial charge in [-0.3, -0.25) is 4.79 Å². The third kappa shape index (κ3) is 1.98. The fraction of sp³-hybridized carbons (Fsp3) is 0.154. The van der Waals surface area contributed by atoms with Crippen LogP contribution in [0.2, 0.25) is 0 Å². The molecular formula is C13H9F2NO2S. The molecule has 0 bridgehead atoms. The first-order valence-electron chi connectivity index (χ1n) is 5.63. The Hall–Kier alpha value is -1.95. The number of carbonyl (C=O) groups is 1. The lowest BCUT2D eigenvalue weighted by Crippen LogP contribution is -1.93. The van der Waals surface area contributed by atoms with E-state index in [9.17, 15) is 13.6 Å². The zero-order valence-corrected chi connectivity index (χ0v) is 10.5. The van der Waals surface area contributed by atoms with E-state index < -0.39 is 11.6 Å². The molecule has 1 aromatic carbocycles. The molecule has 0 atom stereocenters. The van der Waals surface area contributed by atoms with E-state index in [2.05, 4.69) is 0 Å². The molecule has 19 heavy (non-hydrogen) atoms. The van der Waals surface area contributed by atoms with Crippen molar-refractivity contribution in [2.24, 2.45) is 0 Å². The largest absolute Gasteiger partial charge is 0.451 e. The second-order valence-electron chi connectivity index (χ2n) is 4.20. The standard InChI is InChI=1S/C13H9F2NO2S/c14-6-1-4-10(8(15)5-6)18-11-7-2-3-9(17)12(7)19-13(11)16/h1,4-5H,2-3,16H2. The maximum Gasteiger partial charge on any atom is 0.173 e. The number of benzene rings is 1. The SMILES string of the molecule is Nc1sc2c(c1Oc1ccc(F)cc1F)CCC2=O. The molecule has 0 radical (unpaired) electrons. The summed E-state index contributed by atoms with van der Waals surface area (Å²) in [4.78, 5) is 12.1. The van der Waals surface area contributed by atoms with Crippen molar-refractivity contribution in [1.29, 1.82) is 0 Å². The van der Waals surface area contributed by atoms with E-state index in [0.29, 0.717) is 28.5 Å². The van der Waals surface area contributed by atoms with Gasteiger partial charge >= 0.3 is 0 Å². The van der Waals surface area contributed by atoms with Gasteiger partial charge in [0.15, 0.2) is 23.1 Å². The lowest BCUT2D eigenvalue weighted by Gasteiger charge is -2.07. The maximum atomic E-state index is 13.5. The summed E-state index contributed by atoms with van der Waals surface area (Å²) in [5.74, 6) is -1.24. The number of ether oxygens (including phenoxy) is 1. The van der Waals surface area contributed by atoms with Crippen molar-refractivity contribution in [2.75, 3.05) is 5.73 Å². The number of halogens is 2. The number of thiophene rings is 1. The molecule has 2 N–H and O–H groups in total. The summed E-state index contributed by atoms with van der Waals surface area (Å²) in [7, 11) is 0. The molecular weight excluding hydrogens is 272 g/mol. The van der Waals surface area contributed by atoms with Crippen molar-refractivity contribution < 1.29 is 18.3 Å². The summed E-state index contributed by atoms with van der Waals surface area (Å²) < 4.78 is 31.8. The highest BCUT2D eigenvalue weighted by atomic mass is 32.1. The molecule has 0 aliphatic heterocycles. The van der Waals surface area contributed by atoms with Gasteiger partial charge in [-0.15, -0.1) is 11.3 Å². The molecule has 6 heteroatoms. The molecule has 3 rings (SSSR count). The molecule has 1 aliphatic carbocycles. The fourth-order valence-electron chi connectivity index (χ4n) is 2.05. The van der Waals surface area contributed by atoms with Crippen molar-refractivity contribution in [1.82, 2.24) is 0 Å². The number of hydrogen-bond acceptors (Lipinski definition) is 4. The zero-order chi connectivity index (χ0) is 13.6.